The van der Waals surface area contributed by atoms with Gasteiger partial charge in [0, 0.05) is 24.2 Å². The van der Waals surface area contributed by atoms with E-state index in [0.717, 1.165) is 11.1 Å². The summed E-state index contributed by atoms with van der Waals surface area (Å²) in [6, 6.07) is -0.0216. The van der Waals surface area contributed by atoms with E-state index in [0.29, 0.717) is 49.7 Å². The van der Waals surface area contributed by atoms with Crippen molar-refractivity contribution < 1.29 is 9.53 Å². The van der Waals surface area contributed by atoms with Crippen LogP contribution in [-0.2, 0) is 17.8 Å². The maximum atomic E-state index is 12.4. The quantitative estimate of drug-likeness (QED) is 0.729. The smallest absolute Gasteiger partial charge is 0.320 e. The van der Waals surface area contributed by atoms with Gasteiger partial charge in [-0.3, -0.25) is 0 Å². The SMILES string of the molecule is O=C(N1CCOCC1)N1Cc2c(Cl)nnc(Cl)c2C1. The molecule has 0 spiro atoms. The van der Waals surface area contributed by atoms with Crippen LogP contribution in [0.2, 0.25) is 10.3 Å². The summed E-state index contributed by atoms with van der Waals surface area (Å²) in [5.41, 5.74) is 1.59. The number of nitrogens with zero attached hydrogens (tertiary/aromatic N) is 4. The van der Waals surface area contributed by atoms with Crippen LogP contribution in [0, 0.1) is 0 Å². The van der Waals surface area contributed by atoms with Crippen LogP contribution in [0.3, 0.4) is 0 Å². The third-order valence-electron chi connectivity index (χ3n) is 3.34. The van der Waals surface area contributed by atoms with Crippen LogP contribution in [-0.4, -0.2) is 52.3 Å². The number of urea groups is 1. The van der Waals surface area contributed by atoms with Gasteiger partial charge in [-0.05, 0) is 0 Å². The first kappa shape index (κ1) is 12.9. The lowest BCUT2D eigenvalue weighted by Gasteiger charge is -2.30. The molecule has 3 rings (SSSR count). The van der Waals surface area contributed by atoms with Crippen molar-refractivity contribution in [3.63, 3.8) is 0 Å². The second-order valence-electron chi connectivity index (χ2n) is 4.48. The minimum Gasteiger partial charge on any atom is -0.378 e. The highest BCUT2D eigenvalue weighted by Crippen LogP contribution is 2.31. The summed E-state index contributed by atoms with van der Waals surface area (Å²) >= 11 is 12.0. The molecule has 1 fully saturated rings. The summed E-state index contributed by atoms with van der Waals surface area (Å²) in [5.74, 6) is 0. The van der Waals surface area contributed by atoms with Crippen molar-refractivity contribution in [3.05, 3.63) is 21.4 Å². The molecule has 19 heavy (non-hydrogen) atoms. The zero-order valence-electron chi connectivity index (χ0n) is 10.1. The van der Waals surface area contributed by atoms with Gasteiger partial charge in [-0.25, -0.2) is 4.79 Å². The zero-order chi connectivity index (χ0) is 13.4. The zero-order valence-corrected chi connectivity index (χ0v) is 11.6. The number of carbonyl (C=O) groups excluding carboxylic acids is 1. The van der Waals surface area contributed by atoms with E-state index < -0.39 is 0 Å². The lowest BCUT2D eigenvalue weighted by molar-refractivity contribution is 0.0430. The number of hydrogen-bond acceptors (Lipinski definition) is 4. The van der Waals surface area contributed by atoms with Gasteiger partial charge >= 0.3 is 6.03 Å². The van der Waals surface area contributed by atoms with E-state index in [1.165, 1.54) is 0 Å². The molecule has 1 aromatic rings. The van der Waals surface area contributed by atoms with E-state index in [9.17, 15) is 4.79 Å². The van der Waals surface area contributed by atoms with Crippen LogP contribution in [0.4, 0.5) is 4.79 Å². The molecule has 0 radical (unpaired) electrons. The molecule has 6 nitrogen and oxygen atoms in total. The van der Waals surface area contributed by atoms with Crippen molar-refractivity contribution >= 4 is 29.2 Å². The molecule has 0 bridgehead atoms. The van der Waals surface area contributed by atoms with Gasteiger partial charge in [-0.2, -0.15) is 0 Å². The lowest BCUT2D eigenvalue weighted by Crippen LogP contribution is -2.46. The Morgan fingerprint density at radius 3 is 2.05 bits per heavy atom. The van der Waals surface area contributed by atoms with Crippen molar-refractivity contribution in [1.29, 1.82) is 0 Å². The molecule has 0 aliphatic carbocycles. The van der Waals surface area contributed by atoms with E-state index in [4.69, 9.17) is 27.9 Å². The average Bonchev–Trinajstić information content (AvgIpc) is 2.89. The van der Waals surface area contributed by atoms with Gasteiger partial charge in [-0.1, -0.05) is 23.2 Å². The number of hydrogen-bond donors (Lipinski definition) is 0. The molecule has 0 N–H and O–H groups in total. The van der Waals surface area contributed by atoms with E-state index in [1.807, 2.05) is 0 Å². The third-order valence-corrected chi connectivity index (χ3v) is 3.95. The highest BCUT2D eigenvalue weighted by atomic mass is 35.5. The second-order valence-corrected chi connectivity index (χ2v) is 5.19. The molecule has 2 aliphatic rings. The Morgan fingerprint density at radius 2 is 1.53 bits per heavy atom. The lowest BCUT2D eigenvalue weighted by atomic mass is 10.2. The predicted molar refractivity (Wildman–Crippen MR) is 69.1 cm³/mol. The topological polar surface area (TPSA) is 58.6 Å². The van der Waals surface area contributed by atoms with Crippen molar-refractivity contribution in [3.8, 4) is 0 Å². The molecule has 2 aliphatic heterocycles. The molecule has 102 valence electrons. The second kappa shape index (κ2) is 5.11. The fourth-order valence-corrected chi connectivity index (χ4v) is 2.73. The molecule has 8 heteroatoms. The van der Waals surface area contributed by atoms with Crippen LogP contribution < -0.4 is 0 Å². The molecule has 1 aromatic heterocycles. The highest BCUT2D eigenvalue weighted by molar-refractivity contribution is 6.32. The third kappa shape index (κ3) is 2.35. The Balaban J connectivity index is 1.78. The fraction of sp³-hybridized carbons (Fsp3) is 0.545. The number of amides is 2. The van der Waals surface area contributed by atoms with Gasteiger partial charge in [0.05, 0.1) is 26.3 Å². The normalized spacial score (nSPS) is 18.6. The first-order chi connectivity index (χ1) is 9.16. The number of carbonyl (C=O) groups is 1. The van der Waals surface area contributed by atoms with Crippen molar-refractivity contribution in [1.82, 2.24) is 20.0 Å². The van der Waals surface area contributed by atoms with Crippen molar-refractivity contribution in [2.45, 2.75) is 13.1 Å². The summed E-state index contributed by atoms with van der Waals surface area (Å²) in [6.45, 7) is 3.25. The largest absolute Gasteiger partial charge is 0.378 e. The number of halogens is 2. The summed E-state index contributed by atoms with van der Waals surface area (Å²) in [5, 5.41) is 8.17. The Morgan fingerprint density at radius 1 is 1.00 bits per heavy atom. The summed E-state index contributed by atoms with van der Waals surface area (Å²) in [7, 11) is 0. The molecule has 1 saturated heterocycles. The van der Waals surface area contributed by atoms with E-state index in [1.54, 1.807) is 9.80 Å². The maximum Gasteiger partial charge on any atom is 0.320 e. The molecule has 0 aromatic carbocycles. The van der Waals surface area contributed by atoms with Crippen molar-refractivity contribution in [2.24, 2.45) is 0 Å². The Hall–Kier alpha value is -1.11. The van der Waals surface area contributed by atoms with Gasteiger partial charge in [0.1, 0.15) is 0 Å². The van der Waals surface area contributed by atoms with Gasteiger partial charge in [0.2, 0.25) is 0 Å². The highest BCUT2D eigenvalue weighted by Gasteiger charge is 2.31. The van der Waals surface area contributed by atoms with Crippen LogP contribution >= 0.6 is 23.2 Å². The Kier molecular flexibility index (Phi) is 3.47. The van der Waals surface area contributed by atoms with Crippen LogP contribution in [0.5, 0.6) is 0 Å². The average molecular weight is 303 g/mol. The summed E-state index contributed by atoms with van der Waals surface area (Å²) in [6.07, 6.45) is 0. The molecule has 0 unspecified atom stereocenters. The van der Waals surface area contributed by atoms with E-state index in [-0.39, 0.29) is 6.03 Å². The van der Waals surface area contributed by atoms with E-state index in [2.05, 4.69) is 10.2 Å². The molecular formula is C11H12Cl2N4O2. The number of morpholine rings is 1. The maximum absolute atomic E-state index is 12.4. The minimum absolute atomic E-state index is 0.0216. The van der Waals surface area contributed by atoms with Gasteiger partial charge in [0.25, 0.3) is 0 Å². The van der Waals surface area contributed by atoms with Gasteiger partial charge in [0.15, 0.2) is 10.3 Å². The summed E-state index contributed by atoms with van der Waals surface area (Å²) in [4.78, 5) is 15.8. The van der Waals surface area contributed by atoms with Gasteiger partial charge < -0.3 is 14.5 Å². The number of aromatic nitrogens is 2. The van der Waals surface area contributed by atoms with Crippen LogP contribution in [0.1, 0.15) is 11.1 Å². The Bertz CT molecular complexity index is 489. The molecule has 3 heterocycles. The van der Waals surface area contributed by atoms with Crippen molar-refractivity contribution in [2.75, 3.05) is 26.3 Å². The molecule has 0 saturated carbocycles. The molecule has 2 amide bonds. The standard InChI is InChI=1S/C11H12Cl2N4O2/c12-9-7-5-17(6-8(7)10(13)15-14-9)11(18)16-1-3-19-4-2-16/h1-6H2. The first-order valence-corrected chi connectivity index (χ1v) is 6.73. The summed E-state index contributed by atoms with van der Waals surface area (Å²) < 4.78 is 5.24. The van der Waals surface area contributed by atoms with Crippen LogP contribution in [0.15, 0.2) is 0 Å². The Labute approximate surface area is 120 Å². The molecule has 0 atom stereocenters. The predicted octanol–water partition coefficient (Wildman–Crippen LogP) is 1.55. The van der Waals surface area contributed by atoms with Gasteiger partial charge in [-0.15, -0.1) is 10.2 Å². The van der Waals surface area contributed by atoms with E-state index >= 15 is 0 Å². The number of ether oxygens (including phenoxy) is 1. The minimum atomic E-state index is -0.0216. The molecular weight excluding hydrogens is 291 g/mol. The number of fused-ring (bicyclic) bond motifs is 1. The first-order valence-electron chi connectivity index (χ1n) is 5.98. The monoisotopic (exact) mass is 302 g/mol. The fourth-order valence-electron chi connectivity index (χ4n) is 2.31. The number of rotatable bonds is 0. The van der Waals surface area contributed by atoms with Crippen LogP contribution in [0.25, 0.3) is 0 Å².